The molecular weight excluding hydrogens is 320 g/mol. The minimum Gasteiger partial charge on any atom is -0.460 e. The van der Waals surface area contributed by atoms with Crippen LogP contribution in [0.4, 0.5) is 4.79 Å². The normalized spacial score (nSPS) is 22.3. The quantitative estimate of drug-likeness (QED) is 0.621. The second kappa shape index (κ2) is 6.88. The maximum Gasteiger partial charge on any atom is 0.425 e. The Kier molecular flexibility index (Phi) is 4.81. The Hall–Kier alpha value is -2.34. The van der Waals surface area contributed by atoms with Crippen LogP contribution in [0.3, 0.4) is 0 Å². The molecule has 134 valence electrons. The van der Waals surface area contributed by atoms with Crippen LogP contribution in [0.5, 0.6) is 0 Å². The lowest BCUT2D eigenvalue weighted by Gasteiger charge is -2.35. The van der Waals surface area contributed by atoms with Crippen molar-refractivity contribution in [3.63, 3.8) is 0 Å². The maximum atomic E-state index is 12.5. The number of hydrogen-bond acceptors (Lipinski definition) is 5. The zero-order chi connectivity index (χ0) is 18.0. The van der Waals surface area contributed by atoms with Gasteiger partial charge in [-0.2, -0.15) is 5.01 Å². The molecule has 0 saturated carbocycles. The van der Waals surface area contributed by atoms with E-state index in [1.807, 2.05) is 63.3 Å². The zero-order valence-corrected chi connectivity index (χ0v) is 14.8. The van der Waals surface area contributed by atoms with E-state index >= 15 is 0 Å². The van der Waals surface area contributed by atoms with Gasteiger partial charge in [0.25, 0.3) is 0 Å². The van der Waals surface area contributed by atoms with Crippen molar-refractivity contribution in [1.82, 2.24) is 10.0 Å². The largest absolute Gasteiger partial charge is 0.460 e. The molecule has 0 radical (unpaired) electrons. The number of fused-ring (bicyclic) bond motifs is 2. The predicted molar refractivity (Wildman–Crippen MR) is 92.4 cm³/mol. The van der Waals surface area contributed by atoms with Crippen molar-refractivity contribution in [3.8, 4) is 0 Å². The monoisotopic (exact) mass is 344 g/mol. The van der Waals surface area contributed by atoms with Gasteiger partial charge in [0, 0.05) is 0 Å². The van der Waals surface area contributed by atoms with Gasteiger partial charge in [-0.25, -0.2) is 9.80 Å². The van der Waals surface area contributed by atoms with Crippen molar-refractivity contribution in [1.29, 1.82) is 0 Å². The Morgan fingerprint density at radius 2 is 1.80 bits per heavy atom. The highest BCUT2D eigenvalue weighted by Crippen LogP contribution is 2.33. The molecule has 1 aliphatic carbocycles. The Morgan fingerprint density at radius 1 is 1.12 bits per heavy atom. The average molecular weight is 344 g/mol. The fourth-order valence-electron chi connectivity index (χ4n) is 3.07. The topological polar surface area (TPSA) is 59.1 Å². The van der Waals surface area contributed by atoms with Crippen LogP contribution in [0.25, 0.3) is 0 Å². The third-order valence-corrected chi connectivity index (χ3v) is 4.13. The lowest BCUT2D eigenvalue weighted by molar-refractivity contribution is -0.151. The summed E-state index contributed by atoms with van der Waals surface area (Å²) < 4.78 is 10.8. The number of carbonyl (C=O) groups excluding carboxylic acids is 2. The number of esters is 1. The van der Waals surface area contributed by atoms with Crippen LogP contribution in [0.15, 0.2) is 42.5 Å². The van der Waals surface area contributed by atoms with Gasteiger partial charge in [-0.05, 0) is 32.8 Å². The number of nitrogens with zero attached hydrogens (tertiary/aromatic N) is 2. The first-order chi connectivity index (χ1) is 11.8. The van der Waals surface area contributed by atoms with E-state index in [4.69, 9.17) is 9.47 Å². The standard InChI is InChI=1S/C19H24N2O4/c1-19(2,3)25-18(23)21-16-10-9-15(11-16)20(21)12-17(22)24-13-14-7-5-4-6-8-14/h4-10,15-16H,11-13H2,1-3H3. The average Bonchev–Trinajstić information content (AvgIpc) is 3.13. The molecule has 3 rings (SSSR count). The van der Waals surface area contributed by atoms with Gasteiger partial charge >= 0.3 is 12.1 Å². The highest BCUT2D eigenvalue weighted by atomic mass is 16.6. The SMILES string of the molecule is CC(C)(C)OC(=O)N1C2C=CC(C2)N1CC(=O)OCc1ccccc1. The second-order valence-electron chi connectivity index (χ2n) is 7.32. The molecule has 0 N–H and O–H groups in total. The molecule has 1 fully saturated rings. The van der Waals surface area contributed by atoms with E-state index in [1.54, 1.807) is 10.0 Å². The number of benzene rings is 1. The van der Waals surface area contributed by atoms with Crippen molar-refractivity contribution >= 4 is 12.1 Å². The fourth-order valence-corrected chi connectivity index (χ4v) is 3.07. The van der Waals surface area contributed by atoms with Gasteiger partial charge in [0.05, 0.1) is 12.1 Å². The van der Waals surface area contributed by atoms with E-state index in [2.05, 4.69) is 0 Å². The number of rotatable bonds is 4. The molecule has 1 aromatic rings. The minimum absolute atomic E-state index is 0.0254. The molecule has 0 aromatic heterocycles. The first-order valence-electron chi connectivity index (χ1n) is 8.50. The first-order valence-corrected chi connectivity index (χ1v) is 8.50. The van der Waals surface area contributed by atoms with Gasteiger partial charge in [-0.1, -0.05) is 42.5 Å². The lowest BCUT2D eigenvalue weighted by Crippen LogP contribution is -2.52. The smallest absolute Gasteiger partial charge is 0.425 e. The molecule has 6 nitrogen and oxygen atoms in total. The third kappa shape index (κ3) is 4.20. The highest BCUT2D eigenvalue weighted by molar-refractivity contribution is 5.74. The van der Waals surface area contributed by atoms with Crippen molar-refractivity contribution in [2.75, 3.05) is 6.54 Å². The van der Waals surface area contributed by atoms with Crippen molar-refractivity contribution in [2.45, 2.75) is 51.5 Å². The highest BCUT2D eigenvalue weighted by Gasteiger charge is 2.46. The Balaban J connectivity index is 1.60. The van der Waals surface area contributed by atoms with Crippen molar-refractivity contribution in [2.24, 2.45) is 0 Å². The van der Waals surface area contributed by atoms with Gasteiger partial charge in [0.2, 0.25) is 0 Å². The van der Waals surface area contributed by atoms with Gasteiger partial charge in [-0.15, -0.1) is 0 Å². The summed E-state index contributed by atoms with van der Waals surface area (Å²) >= 11 is 0. The van der Waals surface area contributed by atoms with Crippen LogP contribution in [-0.4, -0.2) is 46.3 Å². The molecule has 25 heavy (non-hydrogen) atoms. The molecule has 1 saturated heterocycles. The summed E-state index contributed by atoms with van der Waals surface area (Å²) in [6, 6.07) is 9.50. The van der Waals surface area contributed by atoms with Crippen molar-refractivity contribution < 1.29 is 19.1 Å². The predicted octanol–water partition coefficient (Wildman–Crippen LogP) is 2.89. The summed E-state index contributed by atoms with van der Waals surface area (Å²) in [7, 11) is 0. The molecule has 6 heteroatoms. The van der Waals surface area contributed by atoms with E-state index < -0.39 is 11.7 Å². The number of hydrazine groups is 1. The van der Waals surface area contributed by atoms with Gasteiger partial charge in [-0.3, -0.25) is 4.79 Å². The van der Waals surface area contributed by atoms with Crippen LogP contribution in [0, 0.1) is 0 Å². The minimum atomic E-state index is -0.581. The molecule has 2 unspecified atom stereocenters. The van der Waals surface area contributed by atoms with Crippen LogP contribution in [0.1, 0.15) is 32.8 Å². The van der Waals surface area contributed by atoms with E-state index in [0.29, 0.717) is 0 Å². The second-order valence-corrected chi connectivity index (χ2v) is 7.32. The molecule has 2 atom stereocenters. The Labute approximate surface area is 148 Å². The molecule has 2 aliphatic rings. The molecule has 1 aromatic carbocycles. The molecular formula is C19H24N2O4. The molecule has 1 heterocycles. The molecule has 0 spiro atoms. The number of ether oxygens (including phenoxy) is 2. The number of carbonyl (C=O) groups is 2. The Bertz CT molecular complexity index is 666. The summed E-state index contributed by atoms with van der Waals surface area (Å²) in [5.74, 6) is -0.363. The maximum absolute atomic E-state index is 12.5. The number of amides is 1. The van der Waals surface area contributed by atoms with E-state index in [1.165, 1.54) is 0 Å². The Morgan fingerprint density at radius 3 is 2.48 bits per heavy atom. The summed E-state index contributed by atoms with van der Waals surface area (Å²) in [6.45, 7) is 5.73. The summed E-state index contributed by atoms with van der Waals surface area (Å²) in [6.07, 6.45) is 4.36. The summed E-state index contributed by atoms with van der Waals surface area (Å²) in [4.78, 5) is 24.7. The first kappa shape index (κ1) is 17.5. The molecule has 2 bridgehead atoms. The van der Waals surface area contributed by atoms with E-state index in [0.717, 1.165) is 12.0 Å². The van der Waals surface area contributed by atoms with Gasteiger partial charge < -0.3 is 9.47 Å². The van der Waals surface area contributed by atoms with E-state index in [-0.39, 0.29) is 31.2 Å². The molecule has 1 aliphatic heterocycles. The van der Waals surface area contributed by atoms with Crippen LogP contribution in [-0.2, 0) is 20.9 Å². The molecule has 1 amide bonds. The van der Waals surface area contributed by atoms with Crippen LogP contribution < -0.4 is 0 Å². The summed E-state index contributed by atoms with van der Waals surface area (Å²) in [5.41, 5.74) is 0.352. The van der Waals surface area contributed by atoms with Crippen LogP contribution in [0.2, 0.25) is 0 Å². The van der Waals surface area contributed by atoms with E-state index in [9.17, 15) is 9.59 Å². The van der Waals surface area contributed by atoms with Crippen LogP contribution >= 0.6 is 0 Å². The number of hydrogen-bond donors (Lipinski definition) is 0. The lowest BCUT2D eigenvalue weighted by atomic mass is 10.2. The summed E-state index contributed by atoms with van der Waals surface area (Å²) in [5, 5.41) is 3.28. The fraction of sp³-hybridized carbons (Fsp3) is 0.474. The third-order valence-electron chi connectivity index (χ3n) is 4.13. The zero-order valence-electron chi connectivity index (χ0n) is 14.8. The van der Waals surface area contributed by atoms with Gasteiger partial charge in [0.15, 0.2) is 0 Å². The van der Waals surface area contributed by atoms with Gasteiger partial charge in [0.1, 0.15) is 18.8 Å². The van der Waals surface area contributed by atoms with Crippen molar-refractivity contribution in [3.05, 3.63) is 48.0 Å².